The van der Waals surface area contributed by atoms with Crippen LogP contribution in [0.25, 0.3) is 0 Å². The van der Waals surface area contributed by atoms with Gasteiger partial charge >= 0.3 is 5.97 Å². The van der Waals surface area contributed by atoms with Gasteiger partial charge in [-0.25, -0.2) is 13.2 Å². The number of hydrogen-bond acceptors (Lipinski definition) is 5. The van der Waals surface area contributed by atoms with Crippen LogP contribution in [0.2, 0.25) is 0 Å². The predicted octanol–water partition coefficient (Wildman–Crippen LogP) is 1.58. The molecule has 0 aliphatic carbocycles. The summed E-state index contributed by atoms with van der Waals surface area (Å²) in [7, 11) is -4.09. The molecule has 0 aliphatic rings. The van der Waals surface area contributed by atoms with Gasteiger partial charge in [-0.15, -0.1) is 4.83 Å². The Labute approximate surface area is 149 Å². The zero-order valence-electron chi connectivity index (χ0n) is 13.0. The third kappa shape index (κ3) is 4.89. The Hall–Kier alpha value is -2.69. The lowest BCUT2D eigenvalue weighted by Gasteiger charge is -2.12. The Bertz CT molecular complexity index is 911. The third-order valence-electron chi connectivity index (χ3n) is 3.12. The third-order valence-corrected chi connectivity index (χ3v) is 4.57. The van der Waals surface area contributed by atoms with Crippen LogP contribution in [-0.2, 0) is 10.0 Å². The van der Waals surface area contributed by atoms with Gasteiger partial charge in [-0.2, -0.15) is 0 Å². The summed E-state index contributed by atoms with van der Waals surface area (Å²) in [6.45, 7) is 1.93. The topological polar surface area (TPSA) is 128 Å². The summed E-state index contributed by atoms with van der Waals surface area (Å²) in [5.41, 5.74) is 3.52. The molecule has 0 saturated heterocycles. The van der Waals surface area contributed by atoms with E-state index >= 15 is 0 Å². The van der Waals surface area contributed by atoms with Crippen LogP contribution in [0.3, 0.4) is 0 Å². The van der Waals surface area contributed by atoms with Crippen LogP contribution in [0.4, 0.5) is 5.69 Å². The Kier molecular flexibility index (Phi) is 5.57. The van der Waals surface area contributed by atoms with Crippen molar-refractivity contribution in [3.63, 3.8) is 0 Å². The van der Waals surface area contributed by atoms with Gasteiger partial charge in [0.25, 0.3) is 10.0 Å². The molecule has 2 rings (SSSR count). The second kappa shape index (κ2) is 7.47. The van der Waals surface area contributed by atoms with Crippen LogP contribution in [0.5, 0.6) is 5.75 Å². The van der Waals surface area contributed by atoms with Crippen LogP contribution in [-0.4, -0.2) is 29.7 Å². The number of thiocarbonyl (C=S) groups is 1. The van der Waals surface area contributed by atoms with Gasteiger partial charge in [0.2, 0.25) is 0 Å². The van der Waals surface area contributed by atoms with Crippen LogP contribution in [0.1, 0.15) is 15.9 Å². The number of nitrogens with one attached hydrogen (secondary N) is 3. The van der Waals surface area contributed by atoms with Gasteiger partial charge in [-0.05, 0) is 49.5 Å². The highest BCUT2D eigenvalue weighted by Crippen LogP contribution is 2.21. The zero-order chi connectivity index (χ0) is 18.6. The highest BCUT2D eigenvalue weighted by atomic mass is 32.2. The van der Waals surface area contributed by atoms with Crippen molar-refractivity contribution in [1.82, 2.24) is 10.3 Å². The number of sulfonamides is 1. The molecule has 0 spiro atoms. The number of rotatable bonds is 5. The van der Waals surface area contributed by atoms with Gasteiger partial charge in [-0.1, -0.05) is 17.7 Å². The normalized spacial score (nSPS) is 10.9. The Morgan fingerprint density at radius 2 is 1.76 bits per heavy atom. The molecule has 0 aliphatic heterocycles. The molecule has 0 atom stereocenters. The van der Waals surface area contributed by atoms with Crippen molar-refractivity contribution in [2.75, 3.05) is 5.32 Å². The molecule has 0 saturated carbocycles. The quantitative estimate of drug-likeness (QED) is 0.390. The highest BCUT2D eigenvalue weighted by molar-refractivity contribution is 7.89. The number of carboxylic acid groups (broad SMARTS) is 1. The molecule has 132 valence electrons. The van der Waals surface area contributed by atoms with E-state index in [1.165, 1.54) is 0 Å². The maximum Gasteiger partial charge on any atom is 0.339 e. The van der Waals surface area contributed by atoms with Crippen LogP contribution < -0.4 is 15.6 Å². The highest BCUT2D eigenvalue weighted by Gasteiger charge is 2.19. The van der Waals surface area contributed by atoms with Gasteiger partial charge < -0.3 is 15.5 Å². The SMILES string of the molecule is Cc1ccc(NC(=S)NNS(=O)(=O)c2ccc(O)c(C(=O)O)c2)cc1. The van der Waals surface area contributed by atoms with Crippen molar-refractivity contribution < 1.29 is 23.4 Å². The molecule has 2 aromatic carbocycles. The minimum atomic E-state index is -4.09. The second-order valence-corrected chi connectivity index (χ2v) is 7.13. The standard InChI is InChI=1S/C15H15N3O5S2/c1-9-2-4-10(5-3-9)16-15(24)17-18-25(22,23)11-6-7-13(19)12(8-11)14(20)21/h2-8,18-19H,1H3,(H,20,21)(H2,16,17,24). The Morgan fingerprint density at radius 1 is 1.12 bits per heavy atom. The number of hydrazine groups is 1. The average Bonchev–Trinajstić information content (AvgIpc) is 2.55. The fraction of sp³-hybridized carbons (Fsp3) is 0.0667. The lowest BCUT2D eigenvalue weighted by molar-refractivity contribution is 0.0693. The first-order chi connectivity index (χ1) is 11.7. The fourth-order valence-electron chi connectivity index (χ4n) is 1.83. The minimum absolute atomic E-state index is 0.00432. The zero-order valence-corrected chi connectivity index (χ0v) is 14.6. The average molecular weight is 381 g/mol. The van der Waals surface area contributed by atoms with E-state index in [4.69, 9.17) is 17.3 Å². The number of aromatic carboxylic acids is 1. The Morgan fingerprint density at radius 3 is 2.36 bits per heavy atom. The van der Waals surface area contributed by atoms with Crippen molar-refractivity contribution in [1.29, 1.82) is 0 Å². The van der Waals surface area contributed by atoms with E-state index < -0.39 is 27.3 Å². The molecule has 0 bridgehead atoms. The first kappa shape index (κ1) is 18.6. The molecule has 0 aromatic heterocycles. The maximum atomic E-state index is 12.2. The smallest absolute Gasteiger partial charge is 0.339 e. The number of anilines is 1. The second-order valence-electron chi connectivity index (χ2n) is 5.03. The number of hydrogen-bond donors (Lipinski definition) is 5. The van der Waals surface area contributed by atoms with Gasteiger partial charge in [-0.3, -0.25) is 5.43 Å². The summed E-state index contributed by atoms with van der Waals surface area (Å²) in [5.74, 6) is -1.98. The summed E-state index contributed by atoms with van der Waals surface area (Å²) in [6.07, 6.45) is 0. The summed E-state index contributed by atoms with van der Waals surface area (Å²) >= 11 is 4.99. The molecule has 0 fully saturated rings. The lowest BCUT2D eigenvalue weighted by Crippen LogP contribution is -2.43. The maximum absolute atomic E-state index is 12.2. The molecular formula is C15H15N3O5S2. The van der Waals surface area contributed by atoms with Gasteiger partial charge in [0.15, 0.2) is 5.11 Å². The van der Waals surface area contributed by atoms with Crippen molar-refractivity contribution >= 4 is 39.0 Å². The summed E-state index contributed by atoms with van der Waals surface area (Å²) < 4.78 is 24.4. The lowest BCUT2D eigenvalue weighted by atomic mass is 10.2. The number of carboxylic acids is 1. The number of benzene rings is 2. The largest absolute Gasteiger partial charge is 0.507 e. The van der Waals surface area contributed by atoms with Gasteiger partial charge in [0.1, 0.15) is 11.3 Å². The first-order valence-corrected chi connectivity index (χ1v) is 8.80. The van der Waals surface area contributed by atoms with Crippen molar-refractivity contribution in [3.8, 4) is 5.75 Å². The molecule has 0 unspecified atom stereocenters. The van der Waals surface area contributed by atoms with E-state index in [-0.39, 0.29) is 10.0 Å². The monoisotopic (exact) mass is 381 g/mol. The molecule has 0 radical (unpaired) electrons. The van der Waals surface area contributed by atoms with E-state index in [1.807, 2.05) is 23.9 Å². The number of phenols is 1. The molecule has 0 amide bonds. The van der Waals surface area contributed by atoms with Crippen molar-refractivity contribution in [2.45, 2.75) is 11.8 Å². The molecule has 5 N–H and O–H groups in total. The molecule has 2 aromatic rings. The molecule has 10 heteroatoms. The predicted molar refractivity (Wildman–Crippen MR) is 95.9 cm³/mol. The van der Waals surface area contributed by atoms with E-state index in [0.717, 1.165) is 23.8 Å². The van der Waals surface area contributed by atoms with E-state index in [9.17, 15) is 18.3 Å². The molecule has 0 heterocycles. The Balaban J connectivity index is 2.06. The van der Waals surface area contributed by atoms with Crippen molar-refractivity contribution in [3.05, 3.63) is 53.6 Å². The van der Waals surface area contributed by atoms with Crippen LogP contribution in [0, 0.1) is 6.92 Å². The number of carbonyl (C=O) groups is 1. The number of aromatic hydroxyl groups is 1. The molecule has 25 heavy (non-hydrogen) atoms. The summed E-state index contributed by atoms with van der Waals surface area (Å²) in [4.78, 5) is 12.7. The summed E-state index contributed by atoms with van der Waals surface area (Å²) in [5, 5.41) is 21.2. The molecule has 8 nitrogen and oxygen atoms in total. The molecular weight excluding hydrogens is 366 g/mol. The number of aryl methyl sites for hydroxylation is 1. The van der Waals surface area contributed by atoms with Crippen molar-refractivity contribution in [2.24, 2.45) is 0 Å². The van der Waals surface area contributed by atoms with E-state index in [0.29, 0.717) is 5.69 Å². The fourth-order valence-corrected chi connectivity index (χ4v) is 2.93. The van der Waals surface area contributed by atoms with E-state index in [2.05, 4.69) is 10.7 Å². The van der Waals surface area contributed by atoms with E-state index in [1.54, 1.807) is 12.1 Å². The first-order valence-electron chi connectivity index (χ1n) is 6.91. The minimum Gasteiger partial charge on any atom is -0.507 e. The van der Waals surface area contributed by atoms with Gasteiger partial charge in [0, 0.05) is 5.69 Å². The van der Waals surface area contributed by atoms with Crippen LogP contribution >= 0.6 is 12.2 Å². The summed E-state index contributed by atoms with van der Waals surface area (Å²) in [6, 6.07) is 10.2. The van der Waals surface area contributed by atoms with Gasteiger partial charge in [0.05, 0.1) is 4.90 Å². The van der Waals surface area contributed by atoms with Crippen LogP contribution in [0.15, 0.2) is 47.4 Å².